The van der Waals surface area contributed by atoms with E-state index in [4.69, 9.17) is 10.8 Å². The van der Waals surface area contributed by atoms with Gasteiger partial charge >= 0.3 is 0 Å². The second kappa shape index (κ2) is 5.31. The molecule has 0 spiro atoms. The lowest BCUT2D eigenvalue weighted by molar-refractivity contribution is -0.118. The third-order valence-corrected chi connectivity index (χ3v) is 1.11. The van der Waals surface area contributed by atoms with Gasteiger partial charge in [-0.15, -0.1) is 0 Å². The fourth-order valence-electron chi connectivity index (χ4n) is 0.588. The van der Waals surface area contributed by atoms with E-state index < -0.39 is 11.8 Å². The zero-order chi connectivity index (χ0) is 9.56. The Labute approximate surface area is 70.2 Å². The summed E-state index contributed by atoms with van der Waals surface area (Å²) in [4.78, 5) is 21.2. The zero-order valence-electron chi connectivity index (χ0n) is 6.83. The Morgan fingerprint density at radius 2 is 2.17 bits per heavy atom. The second-order valence-corrected chi connectivity index (χ2v) is 2.21. The van der Waals surface area contributed by atoms with Gasteiger partial charge < -0.3 is 16.2 Å². The molecule has 0 aliphatic rings. The largest absolute Gasteiger partial charge is 0.395 e. The lowest BCUT2D eigenvalue weighted by atomic mass is 10.2. The quantitative estimate of drug-likeness (QED) is 0.452. The van der Waals surface area contributed by atoms with E-state index in [-0.39, 0.29) is 18.7 Å². The molecular formula is C7H12N2O3. The van der Waals surface area contributed by atoms with Crippen LogP contribution in [0.15, 0.2) is 11.6 Å². The lowest BCUT2D eigenvalue weighted by Crippen LogP contribution is -2.27. The van der Waals surface area contributed by atoms with Crippen LogP contribution in [0.25, 0.3) is 0 Å². The summed E-state index contributed by atoms with van der Waals surface area (Å²) < 4.78 is 0. The van der Waals surface area contributed by atoms with E-state index in [0.29, 0.717) is 0 Å². The number of aliphatic hydroxyl groups is 1. The highest BCUT2D eigenvalue weighted by Crippen LogP contribution is 1.90. The highest BCUT2D eigenvalue weighted by Gasteiger charge is 2.02. The molecule has 0 fully saturated rings. The van der Waals surface area contributed by atoms with Crippen LogP contribution < -0.4 is 11.1 Å². The van der Waals surface area contributed by atoms with Gasteiger partial charge in [-0.25, -0.2) is 0 Å². The Hall–Kier alpha value is -1.36. The third kappa shape index (κ3) is 4.45. The summed E-state index contributed by atoms with van der Waals surface area (Å²) in [7, 11) is 0. The maximum Gasteiger partial charge on any atom is 0.247 e. The summed E-state index contributed by atoms with van der Waals surface area (Å²) >= 11 is 0. The van der Waals surface area contributed by atoms with Crippen LogP contribution in [0.4, 0.5) is 0 Å². The number of aliphatic hydroxyl groups excluding tert-OH is 1. The van der Waals surface area contributed by atoms with Crippen molar-refractivity contribution in [3.05, 3.63) is 11.6 Å². The summed E-state index contributed by atoms with van der Waals surface area (Å²) in [5, 5.41) is 10.7. The predicted molar refractivity (Wildman–Crippen MR) is 43.0 cm³/mol. The summed E-state index contributed by atoms with van der Waals surface area (Å²) in [6, 6.07) is 0. The van der Waals surface area contributed by atoms with E-state index in [1.807, 2.05) is 0 Å². The van der Waals surface area contributed by atoms with Crippen molar-refractivity contribution in [3.63, 3.8) is 0 Å². The van der Waals surface area contributed by atoms with Crippen molar-refractivity contribution >= 4 is 11.8 Å². The van der Waals surface area contributed by atoms with Crippen molar-refractivity contribution in [2.45, 2.75) is 6.92 Å². The first-order chi connectivity index (χ1) is 5.57. The van der Waals surface area contributed by atoms with Crippen LogP contribution >= 0.6 is 0 Å². The fourth-order valence-corrected chi connectivity index (χ4v) is 0.588. The summed E-state index contributed by atoms with van der Waals surface area (Å²) in [6.45, 7) is 1.51. The molecule has 12 heavy (non-hydrogen) atoms. The van der Waals surface area contributed by atoms with Crippen molar-refractivity contribution in [3.8, 4) is 0 Å². The average Bonchev–Trinajstić information content (AvgIpc) is 1.98. The van der Waals surface area contributed by atoms with Gasteiger partial charge in [0.25, 0.3) is 0 Å². The van der Waals surface area contributed by atoms with Crippen LogP contribution in [0.1, 0.15) is 6.92 Å². The highest BCUT2D eigenvalue weighted by atomic mass is 16.3. The molecule has 4 N–H and O–H groups in total. The fraction of sp³-hybridized carbons (Fsp3) is 0.429. The normalized spacial score (nSPS) is 11.0. The summed E-state index contributed by atoms with van der Waals surface area (Å²) in [5.74, 6) is -1.06. The molecule has 5 heteroatoms. The molecule has 5 nitrogen and oxygen atoms in total. The predicted octanol–water partition coefficient (Wildman–Crippen LogP) is -1.47. The molecule has 0 atom stereocenters. The number of amides is 2. The van der Waals surface area contributed by atoms with Gasteiger partial charge in [0.1, 0.15) is 0 Å². The van der Waals surface area contributed by atoms with E-state index in [9.17, 15) is 9.59 Å². The van der Waals surface area contributed by atoms with Crippen molar-refractivity contribution in [1.29, 1.82) is 0 Å². The van der Waals surface area contributed by atoms with Crippen molar-refractivity contribution in [2.75, 3.05) is 13.2 Å². The minimum absolute atomic E-state index is 0.129. The van der Waals surface area contributed by atoms with E-state index in [0.717, 1.165) is 6.08 Å². The van der Waals surface area contributed by atoms with Crippen molar-refractivity contribution < 1.29 is 14.7 Å². The van der Waals surface area contributed by atoms with Gasteiger partial charge in [0, 0.05) is 18.2 Å². The molecule has 0 saturated heterocycles. The molecule has 0 saturated carbocycles. The third-order valence-electron chi connectivity index (χ3n) is 1.11. The van der Waals surface area contributed by atoms with E-state index >= 15 is 0 Å². The molecule has 0 aliphatic carbocycles. The van der Waals surface area contributed by atoms with Crippen LogP contribution in [0.3, 0.4) is 0 Å². The number of carbonyl (C=O) groups is 2. The SMILES string of the molecule is C/C(=C\C(N)=O)C(=O)NCCO. The number of hydrogen-bond donors (Lipinski definition) is 3. The number of nitrogens with two attached hydrogens (primary N) is 1. The van der Waals surface area contributed by atoms with Gasteiger partial charge in [0.15, 0.2) is 0 Å². The van der Waals surface area contributed by atoms with Crippen molar-refractivity contribution in [1.82, 2.24) is 5.32 Å². The monoisotopic (exact) mass is 172 g/mol. The Bertz CT molecular complexity index is 211. The standard InChI is InChI=1S/C7H12N2O3/c1-5(4-6(8)11)7(12)9-2-3-10/h4,10H,2-3H2,1H3,(H2,8,11)(H,9,12)/b5-4+. The number of rotatable bonds is 4. The average molecular weight is 172 g/mol. The minimum atomic E-state index is -0.661. The van der Waals surface area contributed by atoms with Crippen LogP contribution in [0.5, 0.6) is 0 Å². The van der Waals surface area contributed by atoms with Gasteiger partial charge in [-0.1, -0.05) is 0 Å². The zero-order valence-corrected chi connectivity index (χ0v) is 6.83. The molecular weight excluding hydrogens is 160 g/mol. The molecule has 0 aliphatic heterocycles. The van der Waals surface area contributed by atoms with Crippen LogP contribution in [0.2, 0.25) is 0 Å². The Morgan fingerprint density at radius 3 is 2.58 bits per heavy atom. The Balaban J connectivity index is 4.01. The number of hydrogen-bond acceptors (Lipinski definition) is 3. The molecule has 0 aromatic carbocycles. The van der Waals surface area contributed by atoms with Gasteiger partial charge in [-0.2, -0.15) is 0 Å². The topological polar surface area (TPSA) is 92.4 Å². The molecule has 68 valence electrons. The van der Waals surface area contributed by atoms with Gasteiger partial charge in [0.2, 0.25) is 11.8 Å². The first-order valence-corrected chi connectivity index (χ1v) is 3.44. The molecule has 0 aromatic rings. The van der Waals surface area contributed by atoms with E-state index in [2.05, 4.69) is 5.32 Å². The number of primary amides is 1. The van der Waals surface area contributed by atoms with Gasteiger partial charge in [0.05, 0.1) is 6.61 Å². The van der Waals surface area contributed by atoms with Crippen LogP contribution in [-0.4, -0.2) is 30.1 Å². The first-order valence-electron chi connectivity index (χ1n) is 3.44. The maximum atomic E-state index is 10.9. The minimum Gasteiger partial charge on any atom is -0.395 e. The molecule has 0 bridgehead atoms. The maximum absolute atomic E-state index is 10.9. The highest BCUT2D eigenvalue weighted by molar-refractivity contribution is 5.99. The van der Waals surface area contributed by atoms with Crippen LogP contribution in [-0.2, 0) is 9.59 Å². The molecule has 0 aromatic heterocycles. The number of carbonyl (C=O) groups excluding carboxylic acids is 2. The second-order valence-electron chi connectivity index (χ2n) is 2.21. The number of nitrogens with one attached hydrogen (secondary N) is 1. The Morgan fingerprint density at radius 1 is 1.58 bits per heavy atom. The van der Waals surface area contributed by atoms with Crippen molar-refractivity contribution in [2.24, 2.45) is 5.73 Å². The summed E-state index contributed by atoms with van der Waals surface area (Å²) in [5.41, 5.74) is 5.05. The summed E-state index contributed by atoms with van der Waals surface area (Å²) in [6.07, 6.45) is 1.03. The van der Waals surface area contributed by atoms with Gasteiger partial charge in [-0.05, 0) is 6.92 Å². The first kappa shape index (κ1) is 10.6. The molecule has 0 heterocycles. The van der Waals surface area contributed by atoms with Gasteiger partial charge in [-0.3, -0.25) is 9.59 Å². The molecule has 0 rings (SSSR count). The molecule has 0 unspecified atom stereocenters. The van der Waals surface area contributed by atoms with E-state index in [1.165, 1.54) is 6.92 Å². The smallest absolute Gasteiger partial charge is 0.247 e. The molecule has 2 amide bonds. The van der Waals surface area contributed by atoms with Crippen LogP contribution in [0, 0.1) is 0 Å². The molecule has 0 radical (unpaired) electrons. The Kier molecular flexibility index (Phi) is 4.71. The lowest BCUT2D eigenvalue weighted by Gasteiger charge is -2.01. The van der Waals surface area contributed by atoms with E-state index in [1.54, 1.807) is 0 Å².